The average Bonchev–Trinajstić information content (AvgIpc) is 3.01. The largest absolute Gasteiger partial charge is 0.459 e. The molecule has 0 aromatic heterocycles. The molecule has 2 aromatic rings. The first-order chi connectivity index (χ1) is 22.0. The van der Waals surface area contributed by atoms with Gasteiger partial charge in [-0.3, -0.25) is 19.3 Å². The number of esters is 1. The SMILES string of the molecule is CC[C@H](C)[C@@H](NC(=O)OC(C)(C)C)C(=O)N(C(=O)C[C@H](O)C(C)C)[C@@H](Cc1ccccc1)C(=O)N[C@@H](C)C(=O)OCc1ccccc1. The van der Waals surface area contributed by atoms with E-state index in [2.05, 4.69) is 10.6 Å². The fourth-order valence-electron chi connectivity index (χ4n) is 4.59. The summed E-state index contributed by atoms with van der Waals surface area (Å²) in [6, 6.07) is 14.1. The van der Waals surface area contributed by atoms with Crippen LogP contribution in [-0.4, -0.2) is 69.6 Å². The third-order valence-corrected chi connectivity index (χ3v) is 7.63. The number of hydrogen-bond acceptors (Lipinski definition) is 8. The fourth-order valence-corrected chi connectivity index (χ4v) is 4.59. The molecule has 0 fully saturated rings. The Balaban J connectivity index is 2.52. The molecular weight excluding hydrogens is 602 g/mol. The van der Waals surface area contributed by atoms with Crippen LogP contribution in [0.5, 0.6) is 0 Å². The van der Waals surface area contributed by atoms with Crippen LogP contribution in [0.1, 0.15) is 79.4 Å². The number of amides is 4. The number of carbonyl (C=O) groups excluding carboxylic acids is 5. The number of nitrogens with one attached hydrogen (secondary N) is 2. The van der Waals surface area contributed by atoms with Gasteiger partial charge in [0.05, 0.1) is 12.5 Å². The van der Waals surface area contributed by atoms with Crippen LogP contribution in [0.3, 0.4) is 0 Å². The first-order valence-corrected chi connectivity index (χ1v) is 16.1. The number of carbonyl (C=O) groups is 5. The van der Waals surface area contributed by atoms with E-state index in [1.807, 2.05) is 25.1 Å². The maximum absolute atomic E-state index is 14.4. The van der Waals surface area contributed by atoms with Crippen molar-refractivity contribution in [3.05, 3.63) is 71.8 Å². The van der Waals surface area contributed by atoms with Gasteiger partial charge in [-0.25, -0.2) is 9.59 Å². The van der Waals surface area contributed by atoms with Gasteiger partial charge in [0.2, 0.25) is 11.8 Å². The number of nitrogens with zero attached hydrogens (tertiary/aromatic N) is 1. The summed E-state index contributed by atoms with van der Waals surface area (Å²) in [5, 5.41) is 15.9. The smallest absolute Gasteiger partial charge is 0.408 e. The Bertz CT molecular complexity index is 1330. The zero-order valence-electron chi connectivity index (χ0n) is 28.8. The molecule has 0 saturated heterocycles. The van der Waals surface area contributed by atoms with Crippen molar-refractivity contribution in [2.75, 3.05) is 0 Å². The van der Waals surface area contributed by atoms with Crippen molar-refractivity contribution in [1.82, 2.24) is 15.5 Å². The second-order valence-corrected chi connectivity index (χ2v) is 13.2. The summed E-state index contributed by atoms with van der Waals surface area (Å²) in [6.45, 7) is 13.5. The number of ether oxygens (including phenoxy) is 2. The zero-order valence-corrected chi connectivity index (χ0v) is 28.8. The third kappa shape index (κ3) is 12.8. The van der Waals surface area contributed by atoms with E-state index in [0.29, 0.717) is 12.0 Å². The van der Waals surface area contributed by atoms with Crippen LogP contribution in [0.2, 0.25) is 0 Å². The van der Waals surface area contributed by atoms with E-state index in [0.717, 1.165) is 10.5 Å². The molecule has 0 aliphatic rings. The van der Waals surface area contributed by atoms with E-state index in [-0.39, 0.29) is 18.9 Å². The van der Waals surface area contributed by atoms with Crippen molar-refractivity contribution < 1.29 is 38.6 Å². The molecule has 0 heterocycles. The predicted octanol–water partition coefficient (Wildman–Crippen LogP) is 4.55. The molecule has 0 saturated carbocycles. The highest BCUT2D eigenvalue weighted by Crippen LogP contribution is 2.20. The second-order valence-electron chi connectivity index (χ2n) is 13.2. The van der Waals surface area contributed by atoms with E-state index >= 15 is 0 Å². The van der Waals surface area contributed by atoms with Crippen LogP contribution in [0.25, 0.3) is 0 Å². The Morgan fingerprint density at radius 2 is 1.40 bits per heavy atom. The van der Waals surface area contributed by atoms with Crippen molar-refractivity contribution >= 4 is 29.8 Å². The maximum atomic E-state index is 14.4. The molecule has 258 valence electrons. The van der Waals surface area contributed by atoms with Gasteiger partial charge >= 0.3 is 12.1 Å². The van der Waals surface area contributed by atoms with Gasteiger partial charge < -0.3 is 25.2 Å². The molecule has 47 heavy (non-hydrogen) atoms. The Labute approximate surface area is 278 Å². The van der Waals surface area contributed by atoms with Crippen molar-refractivity contribution in [2.24, 2.45) is 11.8 Å². The monoisotopic (exact) mass is 653 g/mol. The Morgan fingerprint density at radius 1 is 0.851 bits per heavy atom. The van der Waals surface area contributed by atoms with E-state index in [1.54, 1.807) is 84.0 Å². The number of rotatable bonds is 15. The minimum atomic E-state index is -1.44. The lowest BCUT2D eigenvalue weighted by Crippen LogP contribution is -2.61. The molecule has 0 radical (unpaired) electrons. The molecule has 2 rings (SSSR count). The summed E-state index contributed by atoms with van der Waals surface area (Å²) >= 11 is 0. The number of imide groups is 1. The standard InChI is InChI=1S/C36H51N3O8/c1-9-24(4)31(38-35(45)47-36(6,7)8)33(43)39(30(41)21-29(40)23(2)3)28(20-26-16-12-10-13-17-26)32(42)37-25(5)34(44)46-22-27-18-14-11-15-19-27/h10-19,23-25,28-29,31,40H,9,20-22H2,1-8H3,(H,37,42)(H,38,45)/t24-,25-,28-,29-,31+/m0/s1. The first-order valence-electron chi connectivity index (χ1n) is 16.1. The topological polar surface area (TPSA) is 151 Å². The van der Waals surface area contributed by atoms with Gasteiger partial charge in [-0.15, -0.1) is 0 Å². The van der Waals surface area contributed by atoms with Crippen LogP contribution >= 0.6 is 0 Å². The number of benzene rings is 2. The molecule has 0 spiro atoms. The minimum absolute atomic E-state index is 0.00354. The lowest BCUT2D eigenvalue weighted by Gasteiger charge is -2.35. The fraction of sp³-hybridized carbons (Fsp3) is 0.528. The predicted molar refractivity (Wildman–Crippen MR) is 178 cm³/mol. The summed E-state index contributed by atoms with van der Waals surface area (Å²) in [5.74, 6) is -3.90. The third-order valence-electron chi connectivity index (χ3n) is 7.63. The molecular formula is C36H51N3O8. The van der Waals surface area contributed by atoms with E-state index in [4.69, 9.17) is 9.47 Å². The van der Waals surface area contributed by atoms with Crippen molar-refractivity contribution in [3.8, 4) is 0 Å². The first kappa shape index (κ1) is 38.9. The molecule has 0 aliphatic heterocycles. The summed E-state index contributed by atoms with van der Waals surface area (Å²) in [4.78, 5) is 69.0. The van der Waals surface area contributed by atoms with Crippen LogP contribution in [-0.2, 0) is 41.7 Å². The second kappa shape index (κ2) is 18.2. The molecule has 0 aliphatic carbocycles. The van der Waals surface area contributed by atoms with Crippen LogP contribution in [0.4, 0.5) is 4.79 Å². The lowest BCUT2D eigenvalue weighted by molar-refractivity contribution is -0.156. The molecule has 5 atom stereocenters. The molecule has 3 N–H and O–H groups in total. The van der Waals surface area contributed by atoms with E-state index < -0.39 is 72.0 Å². The highest BCUT2D eigenvalue weighted by Gasteiger charge is 2.42. The summed E-state index contributed by atoms with van der Waals surface area (Å²) in [7, 11) is 0. The number of aliphatic hydroxyl groups excluding tert-OH is 1. The number of alkyl carbamates (subject to hydrolysis) is 1. The summed E-state index contributed by atoms with van der Waals surface area (Å²) in [5.41, 5.74) is 0.550. The van der Waals surface area contributed by atoms with Crippen molar-refractivity contribution in [3.63, 3.8) is 0 Å². The number of aliphatic hydroxyl groups is 1. The van der Waals surface area contributed by atoms with E-state index in [1.165, 1.54) is 6.92 Å². The van der Waals surface area contributed by atoms with Gasteiger partial charge in [-0.1, -0.05) is 94.8 Å². The van der Waals surface area contributed by atoms with Crippen LogP contribution in [0.15, 0.2) is 60.7 Å². The summed E-state index contributed by atoms with van der Waals surface area (Å²) < 4.78 is 10.8. The van der Waals surface area contributed by atoms with Gasteiger partial charge in [0.15, 0.2) is 0 Å². The highest BCUT2D eigenvalue weighted by molar-refractivity contribution is 6.04. The maximum Gasteiger partial charge on any atom is 0.408 e. The molecule has 0 bridgehead atoms. The van der Waals surface area contributed by atoms with Gasteiger partial charge in [0.25, 0.3) is 5.91 Å². The van der Waals surface area contributed by atoms with Gasteiger partial charge in [-0.2, -0.15) is 0 Å². The van der Waals surface area contributed by atoms with E-state index in [9.17, 15) is 29.1 Å². The van der Waals surface area contributed by atoms with Gasteiger partial charge in [0, 0.05) is 6.42 Å². The summed E-state index contributed by atoms with van der Waals surface area (Å²) in [6.07, 6.45) is -2.05. The van der Waals surface area contributed by atoms with Crippen LogP contribution < -0.4 is 10.6 Å². The number of hydrogen-bond donors (Lipinski definition) is 3. The van der Waals surface area contributed by atoms with Gasteiger partial charge in [0.1, 0.15) is 30.3 Å². The van der Waals surface area contributed by atoms with Gasteiger partial charge in [-0.05, 0) is 50.7 Å². The quantitative estimate of drug-likeness (QED) is 0.237. The Morgan fingerprint density at radius 3 is 1.91 bits per heavy atom. The average molecular weight is 654 g/mol. The van der Waals surface area contributed by atoms with Crippen molar-refractivity contribution in [1.29, 1.82) is 0 Å². The molecule has 2 aromatic carbocycles. The zero-order chi connectivity index (χ0) is 35.3. The van der Waals surface area contributed by atoms with Crippen LogP contribution in [0, 0.1) is 11.8 Å². The molecule has 11 nitrogen and oxygen atoms in total. The van der Waals surface area contributed by atoms with Crippen molar-refractivity contribution in [2.45, 2.75) is 111 Å². The Hall–Kier alpha value is -4.25. The minimum Gasteiger partial charge on any atom is -0.459 e. The molecule has 11 heteroatoms. The molecule has 4 amide bonds. The highest BCUT2D eigenvalue weighted by atomic mass is 16.6. The Kier molecular flexibility index (Phi) is 15.1. The molecule has 0 unspecified atom stereocenters. The normalized spacial score (nSPS) is 14.6. The lowest BCUT2D eigenvalue weighted by atomic mass is 9.94.